The van der Waals surface area contributed by atoms with Crippen LogP contribution in [0.1, 0.15) is 5.69 Å². The topological polar surface area (TPSA) is 47.9 Å². The van der Waals surface area contributed by atoms with E-state index in [4.69, 9.17) is 4.74 Å². The maximum atomic E-state index is 5.85. The third-order valence-corrected chi connectivity index (χ3v) is 3.78. The first-order valence-electron chi connectivity index (χ1n) is 5.85. The predicted octanol–water partition coefficient (Wildman–Crippen LogP) is 4.65. The largest absolute Gasteiger partial charge is 0.435 e. The Balaban J connectivity index is 2.08. The molecule has 0 N–H and O–H groups in total. The molecule has 0 aliphatic carbocycles. The molecule has 2 heterocycles. The van der Waals surface area contributed by atoms with Crippen LogP contribution in [0.2, 0.25) is 0 Å². The van der Waals surface area contributed by atoms with Gasteiger partial charge in [0.1, 0.15) is 10.9 Å². The molecule has 0 radical (unpaired) electrons. The second kappa shape index (κ2) is 5.46. The first-order valence-corrected chi connectivity index (χ1v) is 7.43. The fraction of sp³-hybridized carbons (Fsp3) is 0.0714. The molecule has 4 nitrogen and oxygen atoms in total. The highest BCUT2D eigenvalue weighted by molar-refractivity contribution is 9.10. The summed E-state index contributed by atoms with van der Waals surface area (Å²) < 4.78 is 7.45. The van der Waals surface area contributed by atoms with Crippen molar-refractivity contribution in [1.29, 1.82) is 0 Å². The molecule has 0 unspecified atom stereocenters. The third kappa shape index (κ3) is 2.66. The van der Waals surface area contributed by atoms with E-state index in [-0.39, 0.29) is 0 Å². The number of fused-ring (bicyclic) bond motifs is 1. The molecule has 6 heteroatoms. The van der Waals surface area contributed by atoms with Gasteiger partial charge in [0.25, 0.3) is 0 Å². The van der Waals surface area contributed by atoms with Crippen LogP contribution in [0.4, 0.5) is 0 Å². The van der Waals surface area contributed by atoms with Crippen LogP contribution in [0, 0.1) is 6.92 Å². The number of aryl methyl sites for hydroxylation is 1. The molecule has 100 valence electrons. The van der Waals surface area contributed by atoms with E-state index in [1.165, 1.54) is 6.33 Å². The van der Waals surface area contributed by atoms with Crippen LogP contribution in [0.5, 0.6) is 11.6 Å². The molecule has 2 aromatic heterocycles. The Morgan fingerprint density at radius 3 is 2.70 bits per heavy atom. The monoisotopic (exact) mass is 393 g/mol. The Kier molecular flexibility index (Phi) is 3.67. The number of halogens is 2. The molecule has 1 aromatic carbocycles. The van der Waals surface area contributed by atoms with Gasteiger partial charge < -0.3 is 4.74 Å². The highest BCUT2D eigenvalue weighted by Crippen LogP contribution is 2.31. The van der Waals surface area contributed by atoms with E-state index < -0.39 is 0 Å². The van der Waals surface area contributed by atoms with Gasteiger partial charge in [-0.1, -0.05) is 15.9 Å². The first-order chi connectivity index (χ1) is 9.63. The van der Waals surface area contributed by atoms with Gasteiger partial charge in [-0.25, -0.2) is 15.0 Å². The summed E-state index contributed by atoms with van der Waals surface area (Å²) in [7, 11) is 0. The van der Waals surface area contributed by atoms with Crippen LogP contribution < -0.4 is 4.74 Å². The van der Waals surface area contributed by atoms with E-state index in [9.17, 15) is 0 Å². The molecule has 0 amide bonds. The van der Waals surface area contributed by atoms with Gasteiger partial charge in [0.2, 0.25) is 5.88 Å². The number of pyridine rings is 1. The van der Waals surface area contributed by atoms with Gasteiger partial charge in [-0.2, -0.15) is 0 Å². The lowest BCUT2D eigenvalue weighted by atomic mass is 10.2. The van der Waals surface area contributed by atoms with E-state index in [1.54, 1.807) is 0 Å². The lowest BCUT2D eigenvalue weighted by Crippen LogP contribution is -1.94. The number of hydrogen-bond donors (Lipinski definition) is 0. The maximum Gasteiger partial charge on any atom is 0.230 e. The van der Waals surface area contributed by atoms with Gasteiger partial charge >= 0.3 is 0 Å². The predicted molar refractivity (Wildman–Crippen MR) is 84.0 cm³/mol. The molecule has 0 fully saturated rings. The quantitative estimate of drug-likeness (QED) is 0.593. The van der Waals surface area contributed by atoms with Crippen molar-refractivity contribution in [2.75, 3.05) is 0 Å². The molecular weight excluding hydrogens is 386 g/mol. The Morgan fingerprint density at radius 1 is 1.05 bits per heavy atom. The fourth-order valence-electron chi connectivity index (χ4n) is 1.78. The third-order valence-electron chi connectivity index (χ3n) is 2.72. The van der Waals surface area contributed by atoms with E-state index in [0.29, 0.717) is 16.2 Å². The van der Waals surface area contributed by atoms with Crippen LogP contribution in [0.15, 0.2) is 45.7 Å². The minimum absolute atomic E-state index is 0.502. The summed E-state index contributed by atoms with van der Waals surface area (Å²) in [4.78, 5) is 12.7. The molecule has 0 saturated heterocycles. The SMILES string of the molecule is Cc1ccc(Oc2ncnc3ccc(Br)cc23)c(Br)n1. The summed E-state index contributed by atoms with van der Waals surface area (Å²) in [6.07, 6.45) is 1.49. The summed E-state index contributed by atoms with van der Waals surface area (Å²) in [6.45, 7) is 1.92. The Morgan fingerprint density at radius 2 is 1.90 bits per heavy atom. The summed E-state index contributed by atoms with van der Waals surface area (Å²) in [6, 6.07) is 9.52. The molecule has 3 aromatic rings. The molecule has 0 spiro atoms. The lowest BCUT2D eigenvalue weighted by molar-refractivity contribution is 0.462. The number of nitrogens with zero attached hydrogens (tertiary/aromatic N) is 3. The van der Waals surface area contributed by atoms with Gasteiger partial charge in [0.15, 0.2) is 5.75 Å². The van der Waals surface area contributed by atoms with Crippen molar-refractivity contribution in [3.63, 3.8) is 0 Å². The van der Waals surface area contributed by atoms with Crippen molar-refractivity contribution in [2.45, 2.75) is 6.92 Å². The molecule has 20 heavy (non-hydrogen) atoms. The Labute approximate surface area is 132 Å². The number of aromatic nitrogens is 3. The zero-order chi connectivity index (χ0) is 14.1. The molecule has 0 bridgehead atoms. The van der Waals surface area contributed by atoms with Gasteiger partial charge in [-0.05, 0) is 53.2 Å². The van der Waals surface area contributed by atoms with Gasteiger partial charge in [-0.15, -0.1) is 0 Å². The average molecular weight is 395 g/mol. The minimum atomic E-state index is 0.502. The molecule has 0 atom stereocenters. The van der Waals surface area contributed by atoms with Crippen LogP contribution >= 0.6 is 31.9 Å². The Bertz CT molecular complexity index is 792. The number of hydrogen-bond acceptors (Lipinski definition) is 4. The van der Waals surface area contributed by atoms with E-state index >= 15 is 0 Å². The standard InChI is InChI=1S/C14H9Br2N3O/c1-8-2-5-12(13(16)19-8)20-14-10-6-9(15)3-4-11(10)17-7-18-14/h2-7H,1H3. The van der Waals surface area contributed by atoms with E-state index in [2.05, 4.69) is 46.8 Å². The van der Waals surface area contributed by atoms with E-state index in [1.807, 2.05) is 37.3 Å². The molecule has 0 aliphatic heterocycles. The van der Waals surface area contributed by atoms with Crippen LogP contribution in [0.25, 0.3) is 10.9 Å². The number of benzene rings is 1. The van der Waals surface area contributed by atoms with Crippen LogP contribution in [0.3, 0.4) is 0 Å². The summed E-state index contributed by atoms with van der Waals surface area (Å²) in [5, 5.41) is 0.842. The number of ether oxygens (including phenoxy) is 1. The van der Waals surface area contributed by atoms with Crippen LogP contribution in [-0.4, -0.2) is 15.0 Å². The van der Waals surface area contributed by atoms with Gasteiger partial charge in [0.05, 0.1) is 10.9 Å². The first kappa shape index (κ1) is 13.5. The smallest absolute Gasteiger partial charge is 0.230 e. The van der Waals surface area contributed by atoms with Gasteiger partial charge in [-0.3, -0.25) is 0 Å². The Hall–Kier alpha value is -1.53. The zero-order valence-electron chi connectivity index (χ0n) is 10.5. The highest BCUT2D eigenvalue weighted by atomic mass is 79.9. The van der Waals surface area contributed by atoms with E-state index in [0.717, 1.165) is 21.1 Å². The van der Waals surface area contributed by atoms with Crippen molar-refractivity contribution in [3.8, 4) is 11.6 Å². The van der Waals surface area contributed by atoms with Crippen molar-refractivity contribution >= 4 is 42.8 Å². The fourth-order valence-corrected chi connectivity index (χ4v) is 2.63. The van der Waals surface area contributed by atoms with Crippen molar-refractivity contribution in [3.05, 3.63) is 51.4 Å². The maximum absolute atomic E-state index is 5.85. The van der Waals surface area contributed by atoms with Crippen molar-refractivity contribution in [1.82, 2.24) is 15.0 Å². The second-order valence-corrected chi connectivity index (χ2v) is 5.85. The average Bonchev–Trinajstić information content (AvgIpc) is 2.42. The normalized spacial score (nSPS) is 10.8. The number of rotatable bonds is 2. The second-order valence-electron chi connectivity index (χ2n) is 4.18. The lowest BCUT2D eigenvalue weighted by Gasteiger charge is -2.09. The molecular formula is C14H9Br2N3O. The molecule has 3 rings (SSSR count). The molecule has 0 saturated carbocycles. The highest BCUT2D eigenvalue weighted by Gasteiger charge is 2.09. The molecule has 0 aliphatic rings. The zero-order valence-corrected chi connectivity index (χ0v) is 13.6. The van der Waals surface area contributed by atoms with Crippen molar-refractivity contribution < 1.29 is 4.74 Å². The summed E-state index contributed by atoms with van der Waals surface area (Å²) in [5.41, 5.74) is 1.74. The summed E-state index contributed by atoms with van der Waals surface area (Å²) in [5.74, 6) is 1.12. The summed E-state index contributed by atoms with van der Waals surface area (Å²) >= 11 is 6.84. The minimum Gasteiger partial charge on any atom is -0.435 e. The van der Waals surface area contributed by atoms with Gasteiger partial charge in [0, 0.05) is 10.2 Å². The van der Waals surface area contributed by atoms with Crippen LogP contribution in [-0.2, 0) is 0 Å². The van der Waals surface area contributed by atoms with Crippen molar-refractivity contribution in [2.24, 2.45) is 0 Å².